The van der Waals surface area contributed by atoms with Crippen molar-refractivity contribution in [2.45, 2.75) is 19.8 Å². The van der Waals surface area contributed by atoms with E-state index in [1.807, 2.05) is 24.3 Å². The molecular formula is C17H18INO4. The molecule has 0 radical (unpaired) electrons. The quantitative estimate of drug-likeness (QED) is 0.594. The van der Waals surface area contributed by atoms with Crippen molar-refractivity contribution in [2.24, 2.45) is 0 Å². The molecule has 0 aromatic heterocycles. The lowest BCUT2D eigenvalue weighted by Crippen LogP contribution is -2.32. The highest BCUT2D eigenvalue weighted by atomic mass is 127. The summed E-state index contributed by atoms with van der Waals surface area (Å²) in [6.45, 7) is 3.60. The Morgan fingerprint density at radius 2 is 1.48 bits per heavy atom. The number of allylic oxidation sites excluding steroid dienone is 2. The number of rotatable bonds is 3. The summed E-state index contributed by atoms with van der Waals surface area (Å²) < 4.78 is 10.8. The third-order valence-corrected chi connectivity index (χ3v) is 4.77. The van der Waals surface area contributed by atoms with E-state index in [-0.39, 0.29) is 0 Å². The number of benzene rings is 1. The van der Waals surface area contributed by atoms with Crippen LogP contribution in [0, 0.1) is 3.57 Å². The van der Waals surface area contributed by atoms with Gasteiger partial charge in [0.05, 0.1) is 31.3 Å². The highest BCUT2D eigenvalue weighted by molar-refractivity contribution is 14.1. The van der Waals surface area contributed by atoms with Crippen molar-refractivity contribution in [3.63, 3.8) is 0 Å². The maximum absolute atomic E-state index is 12.3. The molecule has 0 fully saturated rings. The standard InChI is InChI=1S/C17H18INO4/c1-9-13(16(20)22-3)15(11-7-5-6-8-12(11)18)14(10(2)19-9)17(21)23-4/h5-8,15,19H,1-4H3. The Hall–Kier alpha value is -1.83. The summed E-state index contributed by atoms with van der Waals surface area (Å²) in [6, 6.07) is 7.64. The van der Waals surface area contributed by atoms with Crippen LogP contribution in [0.5, 0.6) is 0 Å². The zero-order valence-corrected chi connectivity index (χ0v) is 15.6. The Bertz CT molecular complexity index is 683. The van der Waals surface area contributed by atoms with Crippen molar-refractivity contribution in [3.05, 3.63) is 55.9 Å². The van der Waals surface area contributed by atoms with Crippen molar-refractivity contribution in [1.29, 1.82) is 0 Å². The molecule has 0 atom stereocenters. The second-order valence-corrected chi connectivity index (χ2v) is 6.30. The summed E-state index contributed by atoms with van der Waals surface area (Å²) in [7, 11) is 2.66. The van der Waals surface area contributed by atoms with Gasteiger partial charge in [0.1, 0.15) is 0 Å². The average Bonchev–Trinajstić information content (AvgIpc) is 2.53. The number of esters is 2. The molecule has 1 aromatic carbocycles. The number of ether oxygens (including phenoxy) is 2. The molecular weight excluding hydrogens is 409 g/mol. The minimum Gasteiger partial charge on any atom is -0.466 e. The third kappa shape index (κ3) is 3.26. The minimum absolute atomic E-state index is 0.419. The predicted octanol–water partition coefficient (Wildman–Crippen LogP) is 2.87. The van der Waals surface area contributed by atoms with Gasteiger partial charge in [0, 0.05) is 15.0 Å². The highest BCUT2D eigenvalue weighted by Crippen LogP contribution is 2.40. The first-order chi connectivity index (χ1) is 10.9. The average molecular weight is 427 g/mol. The molecule has 0 saturated heterocycles. The number of dihydropyridines is 1. The SMILES string of the molecule is COC(=O)C1=C(C)NC(C)=C(C(=O)OC)C1c1ccccc1I. The highest BCUT2D eigenvalue weighted by Gasteiger charge is 2.38. The minimum atomic E-state index is -0.524. The molecule has 6 heteroatoms. The van der Waals surface area contributed by atoms with Crippen molar-refractivity contribution < 1.29 is 19.1 Å². The van der Waals surface area contributed by atoms with Gasteiger partial charge in [-0.15, -0.1) is 0 Å². The molecule has 5 nitrogen and oxygen atoms in total. The summed E-state index contributed by atoms with van der Waals surface area (Å²) >= 11 is 2.20. The van der Waals surface area contributed by atoms with Crippen molar-refractivity contribution in [2.75, 3.05) is 14.2 Å². The molecule has 1 aliphatic rings. The van der Waals surface area contributed by atoms with E-state index in [4.69, 9.17) is 9.47 Å². The van der Waals surface area contributed by atoms with Gasteiger partial charge in [-0.05, 0) is 48.1 Å². The van der Waals surface area contributed by atoms with Crippen molar-refractivity contribution >= 4 is 34.5 Å². The van der Waals surface area contributed by atoms with Crippen LogP contribution in [0.1, 0.15) is 25.3 Å². The molecule has 0 amide bonds. The molecule has 23 heavy (non-hydrogen) atoms. The number of hydrogen-bond acceptors (Lipinski definition) is 5. The topological polar surface area (TPSA) is 64.6 Å². The van der Waals surface area contributed by atoms with Crippen LogP contribution in [0.15, 0.2) is 46.8 Å². The molecule has 1 N–H and O–H groups in total. The van der Waals surface area contributed by atoms with E-state index in [2.05, 4.69) is 27.9 Å². The van der Waals surface area contributed by atoms with Gasteiger partial charge < -0.3 is 14.8 Å². The van der Waals surface area contributed by atoms with E-state index >= 15 is 0 Å². The molecule has 0 saturated carbocycles. The van der Waals surface area contributed by atoms with Gasteiger partial charge in [-0.25, -0.2) is 9.59 Å². The van der Waals surface area contributed by atoms with E-state index in [1.54, 1.807) is 13.8 Å². The van der Waals surface area contributed by atoms with E-state index in [9.17, 15) is 9.59 Å². The zero-order valence-electron chi connectivity index (χ0n) is 13.4. The molecule has 1 heterocycles. The zero-order chi connectivity index (χ0) is 17.1. The van der Waals surface area contributed by atoms with Crippen LogP contribution in [0.3, 0.4) is 0 Å². The second-order valence-electron chi connectivity index (χ2n) is 5.14. The Labute approximate surface area is 148 Å². The van der Waals surface area contributed by atoms with Gasteiger partial charge >= 0.3 is 11.9 Å². The Morgan fingerprint density at radius 3 is 1.91 bits per heavy atom. The smallest absolute Gasteiger partial charge is 0.336 e. The number of hydrogen-bond donors (Lipinski definition) is 1. The van der Waals surface area contributed by atoms with Crippen LogP contribution >= 0.6 is 22.6 Å². The van der Waals surface area contributed by atoms with Crippen LogP contribution in [-0.4, -0.2) is 26.2 Å². The number of methoxy groups -OCH3 is 2. The fourth-order valence-corrected chi connectivity index (χ4v) is 3.47. The summed E-state index contributed by atoms with van der Waals surface area (Å²) in [4.78, 5) is 24.7. The van der Waals surface area contributed by atoms with Gasteiger partial charge in [0.2, 0.25) is 0 Å². The normalized spacial score (nSPS) is 15.3. The molecule has 0 bridgehead atoms. The van der Waals surface area contributed by atoms with Gasteiger partial charge in [-0.3, -0.25) is 0 Å². The van der Waals surface area contributed by atoms with Crippen LogP contribution < -0.4 is 5.32 Å². The molecule has 1 aliphatic heterocycles. The maximum Gasteiger partial charge on any atom is 0.336 e. The lowest BCUT2D eigenvalue weighted by atomic mass is 9.80. The van der Waals surface area contributed by atoms with Crippen LogP contribution in [0.4, 0.5) is 0 Å². The number of nitrogens with one attached hydrogen (secondary N) is 1. The van der Waals surface area contributed by atoms with Gasteiger partial charge in [-0.2, -0.15) is 0 Å². The fraction of sp³-hybridized carbons (Fsp3) is 0.294. The largest absolute Gasteiger partial charge is 0.466 e. The Kier molecular flexibility index (Phi) is 5.46. The number of carbonyl (C=O) groups is 2. The molecule has 0 spiro atoms. The summed E-state index contributed by atoms with van der Waals surface area (Å²) in [5, 5.41) is 3.08. The van der Waals surface area contributed by atoms with Crippen molar-refractivity contribution in [3.8, 4) is 0 Å². The second kappa shape index (κ2) is 7.16. The first-order valence-electron chi connectivity index (χ1n) is 7.02. The lowest BCUT2D eigenvalue weighted by molar-refractivity contribution is -0.137. The number of halogens is 1. The van der Waals surface area contributed by atoms with E-state index in [1.165, 1.54) is 14.2 Å². The molecule has 2 rings (SSSR count). The van der Waals surface area contributed by atoms with E-state index in [0.717, 1.165) is 9.13 Å². The predicted molar refractivity (Wildman–Crippen MR) is 94.5 cm³/mol. The van der Waals surface area contributed by atoms with E-state index < -0.39 is 17.9 Å². The molecule has 0 aliphatic carbocycles. The molecule has 0 unspecified atom stereocenters. The summed E-state index contributed by atoms with van der Waals surface area (Å²) in [5.74, 6) is -1.45. The third-order valence-electron chi connectivity index (χ3n) is 3.79. The first kappa shape index (κ1) is 17.5. The molecule has 1 aromatic rings. The Balaban J connectivity index is 2.73. The summed E-state index contributed by atoms with van der Waals surface area (Å²) in [6.07, 6.45) is 0. The summed E-state index contributed by atoms with van der Waals surface area (Å²) in [5.41, 5.74) is 3.05. The fourth-order valence-electron chi connectivity index (χ4n) is 2.78. The van der Waals surface area contributed by atoms with E-state index in [0.29, 0.717) is 22.5 Å². The van der Waals surface area contributed by atoms with Gasteiger partial charge in [0.25, 0.3) is 0 Å². The Morgan fingerprint density at radius 1 is 1.00 bits per heavy atom. The first-order valence-corrected chi connectivity index (χ1v) is 8.09. The number of carbonyl (C=O) groups excluding carboxylic acids is 2. The monoisotopic (exact) mass is 427 g/mol. The van der Waals surface area contributed by atoms with Crippen LogP contribution in [0.25, 0.3) is 0 Å². The van der Waals surface area contributed by atoms with Gasteiger partial charge in [-0.1, -0.05) is 18.2 Å². The molecule has 122 valence electrons. The lowest BCUT2D eigenvalue weighted by Gasteiger charge is -2.30. The van der Waals surface area contributed by atoms with Crippen LogP contribution in [0.2, 0.25) is 0 Å². The maximum atomic E-state index is 12.3. The van der Waals surface area contributed by atoms with Gasteiger partial charge in [0.15, 0.2) is 0 Å². The van der Waals surface area contributed by atoms with Crippen molar-refractivity contribution in [1.82, 2.24) is 5.32 Å². The van der Waals surface area contributed by atoms with Crippen LogP contribution in [-0.2, 0) is 19.1 Å².